The molecule has 35 heavy (non-hydrogen) atoms. The van der Waals surface area contributed by atoms with E-state index in [9.17, 15) is 9.59 Å². The highest BCUT2D eigenvalue weighted by Crippen LogP contribution is 2.31. The van der Waals surface area contributed by atoms with Crippen LogP contribution in [0.4, 0.5) is 11.4 Å². The fourth-order valence-corrected chi connectivity index (χ4v) is 4.46. The predicted octanol–water partition coefficient (Wildman–Crippen LogP) is 5.68. The molecule has 1 aliphatic heterocycles. The van der Waals surface area contributed by atoms with Gasteiger partial charge < -0.3 is 20.1 Å². The highest BCUT2D eigenvalue weighted by Gasteiger charge is 2.24. The second-order valence-corrected chi connectivity index (χ2v) is 9.46. The van der Waals surface area contributed by atoms with Gasteiger partial charge in [0, 0.05) is 5.69 Å². The average molecular weight is 552 g/mol. The maximum Gasteiger partial charge on any atom is 0.264 e. The maximum atomic E-state index is 12.4. The summed E-state index contributed by atoms with van der Waals surface area (Å²) < 4.78 is 11.5. The Morgan fingerprint density at radius 3 is 2.54 bits per heavy atom. The number of amidine groups is 1. The van der Waals surface area contributed by atoms with Gasteiger partial charge in [0.25, 0.3) is 11.8 Å². The highest BCUT2D eigenvalue weighted by atomic mass is 79.9. The van der Waals surface area contributed by atoms with Gasteiger partial charge in [0.2, 0.25) is 0 Å². The molecule has 0 atom stereocenters. The zero-order valence-electron chi connectivity index (χ0n) is 19.0. The van der Waals surface area contributed by atoms with Gasteiger partial charge in [-0.1, -0.05) is 23.8 Å². The lowest BCUT2D eigenvalue weighted by molar-refractivity contribution is -0.118. The van der Waals surface area contributed by atoms with Crippen molar-refractivity contribution in [1.29, 1.82) is 0 Å². The van der Waals surface area contributed by atoms with E-state index in [-0.39, 0.29) is 18.4 Å². The normalized spacial score (nSPS) is 15.2. The Hall–Kier alpha value is -3.56. The smallest absolute Gasteiger partial charge is 0.264 e. The fraction of sp³-hybridized carbons (Fsp3) is 0.115. The third kappa shape index (κ3) is 6.74. The molecule has 4 rings (SSSR count). The quantitative estimate of drug-likeness (QED) is 0.369. The summed E-state index contributed by atoms with van der Waals surface area (Å²) in [7, 11) is 1.60. The van der Waals surface area contributed by atoms with Crippen LogP contribution in [0.5, 0.6) is 11.5 Å². The number of thioether (sulfide) groups is 1. The number of carbonyl (C=O) groups is 2. The molecule has 0 unspecified atom stereocenters. The van der Waals surface area contributed by atoms with Crippen molar-refractivity contribution in [2.45, 2.75) is 6.92 Å². The molecule has 3 aromatic rings. The van der Waals surface area contributed by atoms with Gasteiger partial charge >= 0.3 is 0 Å². The number of anilines is 1. The van der Waals surface area contributed by atoms with E-state index >= 15 is 0 Å². The Kier molecular flexibility index (Phi) is 7.89. The van der Waals surface area contributed by atoms with Gasteiger partial charge in [-0.3, -0.25) is 9.59 Å². The maximum absolute atomic E-state index is 12.4. The average Bonchev–Trinajstić information content (AvgIpc) is 3.18. The van der Waals surface area contributed by atoms with Crippen LogP contribution in [-0.2, 0) is 9.59 Å². The van der Waals surface area contributed by atoms with E-state index in [1.54, 1.807) is 19.3 Å². The van der Waals surface area contributed by atoms with E-state index in [1.165, 1.54) is 11.8 Å². The van der Waals surface area contributed by atoms with Crippen molar-refractivity contribution in [3.05, 3.63) is 87.2 Å². The number of benzene rings is 3. The summed E-state index contributed by atoms with van der Waals surface area (Å²) in [6.45, 7) is 1.86. The standard InChI is InChI=1S/C26H22BrN3O4S/c1-16-3-6-18(7-4-16)28-24(31)15-34-22-12-5-17(13-21(22)27)14-23-25(32)30-26(35-23)29-19-8-10-20(33-2)11-9-19/h3-14H,15H2,1-2H3,(H,28,31)(H,29,30,32)/b23-14+. The Morgan fingerprint density at radius 1 is 1.11 bits per heavy atom. The molecule has 1 heterocycles. The first kappa shape index (κ1) is 24.6. The second kappa shape index (κ2) is 11.2. The molecule has 7 nitrogen and oxygen atoms in total. The minimum atomic E-state index is -0.255. The van der Waals surface area contributed by atoms with Crippen LogP contribution in [0, 0.1) is 6.92 Å². The van der Waals surface area contributed by atoms with Crippen LogP contribution >= 0.6 is 27.7 Å². The van der Waals surface area contributed by atoms with Crippen molar-refractivity contribution in [1.82, 2.24) is 5.32 Å². The zero-order valence-corrected chi connectivity index (χ0v) is 21.4. The molecular weight excluding hydrogens is 530 g/mol. The molecular formula is C26H22BrN3O4S. The minimum Gasteiger partial charge on any atom is -0.497 e. The monoisotopic (exact) mass is 551 g/mol. The molecule has 1 fully saturated rings. The van der Waals surface area contributed by atoms with Crippen LogP contribution in [0.15, 0.2) is 81.1 Å². The molecule has 9 heteroatoms. The molecule has 178 valence electrons. The molecule has 0 radical (unpaired) electrons. The molecule has 0 aliphatic carbocycles. The van der Waals surface area contributed by atoms with Crippen LogP contribution in [0.25, 0.3) is 6.08 Å². The lowest BCUT2D eigenvalue weighted by Crippen LogP contribution is -2.20. The number of nitrogens with one attached hydrogen (secondary N) is 2. The Balaban J connectivity index is 1.37. The lowest BCUT2D eigenvalue weighted by Gasteiger charge is -2.10. The number of ether oxygens (including phenoxy) is 2. The molecule has 2 N–H and O–H groups in total. The highest BCUT2D eigenvalue weighted by molar-refractivity contribution is 9.10. The van der Waals surface area contributed by atoms with Crippen LogP contribution < -0.4 is 20.1 Å². The van der Waals surface area contributed by atoms with Crippen LogP contribution in [0.1, 0.15) is 11.1 Å². The Morgan fingerprint density at radius 2 is 1.86 bits per heavy atom. The third-order valence-electron chi connectivity index (χ3n) is 4.90. The van der Waals surface area contributed by atoms with Gasteiger partial charge in [-0.15, -0.1) is 0 Å². The van der Waals surface area contributed by atoms with Crippen molar-refractivity contribution >= 4 is 62.1 Å². The number of halogens is 1. The summed E-state index contributed by atoms with van der Waals surface area (Å²) in [5.74, 6) is 0.792. The molecule has 2 amide bonds. The van der Waals surface area contributed by atoms with Gasteiger partial charge in [-0.05, 0) is 94.8 Å². The summed E-state index contributed by atoms with van der Waals surface area (Å²) >= 11 is 4.74. The van der Waals surface area contributed by atoms with Crippen molar-refractivity contribution in [3.8, 4) is 11.5 Å². The van der Waals surface area contributed by atoms with Gasteiger partial charge in [0.1, 0.15) is 11.5 Å². The number of carbonyl (C=O) groups excluding carboxylic acids is 2. The van der Waals surface area contributed by atoms with E-state index in [1.807, 2.05) is 67.6 Å². The van der Waals surface area contributed by atoms with E-state index < -0.39 is 0 Å². The summed E-state index contributed by atoms with van der Waals surface area (Å²) in [5, 5.41) is 6.08. The number of hydrogen-bond acceptors (Lipinski definition) is 6. The summed E-state index contributed by atoms with van der Waals surface area (Å²) in [6, 6.07) is 20.2. The molecule has 0 aromatic heterocycles. The van der Waals surface area contributed by atoms with Gasteiger partial charge in [0.05, 0.1) is 22.2 Å². The first-order valence-corrected chi connectivity index (χ1v) is 12.2. The molecule has 0 spiro atoms. The van der Waals surface area contributed by atoms with Crippen molar-refractivity contribution < 1.29 is 19.1 Å². The number of amides is 2. The van der Waals surface area contributed by atoms with E-state index in [0.717, 1.165) is 16.9 Å². The minimum absolute atomic E-state index is 0.129. The predicted molar refractivity (Wildman–Crippen MR) is 143 cm³/mol. The Bertz CT molecular complexity index is 1310. The first-order chi connectivity index (χ1) is 16.9. The molecule has 3 aromatic carbocycles. The molecule has 1 saturated heterocycles. The topological polar surface area (TPSA) is 89.0 Å². The third-order valence-corrected chi connectivity index (χ3v) is 6.43. The number of aryl methyl sites for hydroxylation is 1. The van der Waals surface area contributed by atoms with Crippen molar-refractivity contribution in [2.24, 2.45) is 4.99 Å². The van der Waals surface area contributed by atoms with Crippen LogP contribution in [0.2, 0.25) is 0 Å². The molecule has 0 saturated carbocycles. The van der Waals surface area contributed by atoms with Crippen molar-refractivity contribution in [3.63, 3.8) is 0 Å². The number of nitrogens with zero attached hydrogens (tertiary/aromatic N) is 1. The SMILES string of the molecule is COc1ccc(N=C2NC(=O)/C(=C\c3ccc(OCC(=O)Nc4ccc(C)cc4)c(Br)c3)S2)cc1. The van der Waals surface area contributed by atoms with E-state index in [0.29, 0.717) is 31.7 Å². The Labute approximate surface area is 215 Å². The summed E-state index contributed by atoms with van der Waals surface area (Å²) in [6.07, 6.45) is 1.77. The first-order valence-electron chi connectivity index (χ1n) is 10.6. The summed E-state index contributed by atoms with van der Waals surface area (Å²) in [5.41, 5.74) is 3.35. The van der Waals surface area contributed by atoms with Gasteiger partial charge in [-0.2, -0.15) is 0 Å². The zero-order chi connectivity index (χ0) is 24.8. The largest absolute Gasteiger partial charge is 0.497 e. The van der Waals surface area contributed by atoms with E-state index in [2.05, 4.69) is 31.6 Å². The van der Waals surface area contributed by atoms with Crippen LogP contribution in [0.3, 0.4) is 0 Å². The van der Waals surface area contributed by atoms with Gasteiger partial charge in [0.15, 0.2) is 11.8 Å². The fourth-order valence-electron chi connectivity index (χ4n) is 3.11. The number of aliphatic imine (C=N–C) groups is 1. The number of methoxy groups -OCH3 is 1. The van der Waals surface area contributed by atoms with Crippen LogP contribution in [-0.4, -0.2) is 30.7 Å². The molecule has 0 bridgehead atoms. The number of hydrogen-bond donors (Lipinski definition) is 2. The van der Waals surface area contributed by atoms with E-state index in [4.69, 9.17) is 9.47 Å². The second-order valence-electron chi connectivity index (χ2n) is 7.57. The summed E-state index contributed by atoms with van der Waals surface area (Å²) in [4.78, 5) is 29.6. The number of rotatable bonds is 7. The molecule has 1 aliphatic rings. The van der Waals surface area contributed by atoms with Crippen molar-refractivity contribution in [2.75, 3.05) is 19.0 Å². The van der Waals surface area contributed by atoms with Gasteiger partial charge in [-0.25, -0.2) is 4.99 Å². The lowest BCUT2D eigenvalue weighted by atomic mass is 10.2.